The molecule has 5 nitrogen and oxygen atoms in total. The number of hydrogen-bond acceptors (Lipinski definition) is 5. The maximum absolute atomic E-state index is 6.47. The largest absolute Gasteiger partial charge is 0.383 e. The number of rotatable bonds is 3. The van der Waals surface area contributed by atoms with Gasteiger partial charge in [0, 0.05) is 10.6 Å². The second-order valence-electron chi connectivity index (χ2n) is 6.02. The Morgan fingerprint density at radius 3 is 2.59 bits per heavy atom. The molecule has 2 heterocycles. The number of fused-ring (bicyclic) bond motifs is 1. The van der Waals surface area contributed by atoms with E-state index < -0.39 is 0 Å². The molecule has 0 fully saturated rings. The van der Waals surface area contributed by atoms with Gasteiger partial charge in [-0.15, -0.1) is 5.10 Å². The van der Waals surface area contributed by atoms with Crippen molar-refractivity contribution in [1.29, 1.82) is 0 Å². The van der Waals surface area contributed by atoms with E-state index in [-0.39, 0.29) is 0 Å². The molecular weight excluding hydrogens is 401 g/mol. The zero-order chi connectivity index (χ0) is 19.1. The van der Waals surface area contributed by atoms with Crippen molar-refractivity contribution in [3.8, 4) is 16.9 Å². The molecule has 0 aliphatic rings. The van der Waals surface area contributed by atoms with Crippen LogP contribution in [0, 0.1) is 6.92 Å². The Morgan fingerprint density at radius 1 is 1.07 bits per heavy atom. The van der Waals surface area contributed by atoms with Crippen molar-refractivity contribution in [2.45, 2.75) is 12.1 Å². The minimum atomic E-state index is 0.429. The Morgan fingerprint density at radius 2 is 1.89 bits per heavy atom. The summed E-state index contributed by atoms with van der Waals surface area (Å²) in [4.78, 5) is 9.23. The minimum absolute atomic E-state index is 0.429. The third kappa shape index (κ3) is 3.25. The van der Waals surface area contributed by atoms with Crippen LogP contribution in [-0.2, 0) is 0 Å². The van der Waals surface area contributed by atoms with Crippen molar-refractivity contribution >= 4 is 51.8 Å². The van der Waals surface area contributed by atoms with E-state index in [4.69, 9.17) is 33.9 Å². The lowest BCUT2D eigenvalue weighted by Crippen LogP contribution is -2.02. The molecule has 0 aliphatic carbocycles. The SMILES string of the molecule is CSc1nc(-c2cccc(C)c2)c2c(N)n(-c3ccc(Cl)cc3Cl)nc2n1. The number of anilines is 1. The normalized spacial score (nSPS) is 11.3. The first-order valence-electron chi connectivity index (χ1n) is 8.10. The summed E-state index contributed by atoms with van der Waals surface area (Å²) in [5.41, 5.74) is 10.5. The van der Waals surface area contributed by atoms with E-state index in [1.165, 1.54) is 11.8 Å². The lowest BCUT2D eigenvalue weighted by Gasteiger charge is -2.08. The Balaban J connectivity index is 2.03. The van der Waals surface area contributed by atoms with Gasteiger partial charge in [-0.1, -0.05) is 58.7 Å². The predicted octanol–water partition coefficient (Wildman–Crippen LogP) is 5.40. The molecule has 4 rings (SSSR count). The van der Waals surface area contributed by atoms with Crippen LogP contribution in [0.1, 0.15) is 5.56 Å². The van der Waals surface area contributed by atoms with Crippen molar-refractivity contribution in [3.05, 3.63) is 58.1 Å². The summed E-state index contributed by atoms with van der Waals surface area (Å²) in [6.45, 7) is 2.04. The van der Waals surface area contributed by atoms with E-state index in [1.54, 1.807) is 22.9 Å². The predicted molar refractivity (Wildman–Crippen MR) is 113 cm³/mol. The average molecular weight is 416 g/mol. The van der Waals surface area contributed by atoms with Crippen LogP contribution in [0.4, 0.5) is 5.82 Å². The third-order valence-electron chi connectivity index (χ3n) is 4.16. The molecule has 0 unspecified atom stereocenters. The van der Waals surface area contributed by atoms with E-state index in [0.29, 0.717) is 37.7 Å². The molecule has 0 bridgehead atoms. The molecule has 27 heavy (non-hydrogen) atoms. The highest BCUT2D eigenvalue weighted by Crippen LogP contribution is 2.35. The monoisotopic (exact) mass is 415 g/mol. The summed E-state index contributed by atoms with van der Waals surface area (Å²) in [6.07, 6.45) is 1.93. The van der Waals surface area contributed by atoms with E-state index in [0.717, 1.165) is 16.8 Å². The summed E-state index contributed by atoms with van der Waals surface area (Å²) in [5, 5.41) is 6.92. The van der Waals surface area contributed by atoms with Gasteiger partial charge in [0.1, 0.15) is 5.82 Å². The number of thioether (sulfide) groups is 1. The molecule has 2 N–H and O–H groups in total. The summed E-state index contributed by atoms with van der Waals surface area (Å²) in [6, 6.07) is 13.3. The maximum atomic E-state index is 6.47. The first-order valence-corrected chi connectivity index (χ1v) is 10.1. The Labute approximate surface area is 170 Å². The quantitative estimate of drug-likeness (QED) is 0.358. The van der Waals surface area contributed by atoms with Crippen molar-refractivity contribution in [2.24, 2.45) is 0 Å². The molecule has 2 aromatic carbocycles. The van der Waals surface area contributed by atoms with Gasteiger partial charge in [0.25, 0.3) is 0 Å². The molecule has 0 amide bonds. The minimum Gasteiger partial charge on any atom is -0.383 e. The summed E-state index contributed by atoms with van der Waals surface area (Å²) >= 11 is 13.8. The van der Waals surface area contributed by atoms with E-state index in [9.17, 15) is 0 Å². The van der Waals surface area contributed by atoms with Gasteiger partial charge in [0.2, 0.25) is 0 Å². The maximum Gasteiger partial charge on any atom is 0.190 e. The Kier molecular flexibility index (Phi) is 4.72. The molecule has 0 saturated carbocycles. The second-order valence-corrected chi connectivity index (χ2v) is 7.64. The number of nitrogen functional groups attached to an aromatic ring is 1. The van der Waals surface area contributed by atoms with Crippen LogP contribution in [0.3, 0.4) is 0 Å². The zero-order valence-corrected chi connectivity index (χ0v) is 16.9. The number of aryl methyl sites for hydroxylation is 1. The second kappa shape index (κ2) is 7.03. The molecule has 136 valence electrons. The lowest BCUT2D eigenvalue weighted by atomic mass is 10.1. The number of hydrogen-bond donors (Lipinski definition) is 1. The number of nitrogens with zero attached hydrogens (tertiary/aromatic N) is 4. The number of nitrogens with two attached hydrogens (primary N) is 1. The highest BCUT2D eigenvalue weighted by molar-refractivity contribution is 7.98. The van der Waals surface area contributed by atoms with Crippen molar-refractivity contribution in [1.82, 2.24) is 19.7 Å². The van der Waals surface area contributed by atoms with E-state index in [2.05, 4.69) is 16.1 Å². The molecule has 2 aromatic heterocycles. The standard InChI is InChI=1S/C19H15Cl2N5S/c1-10-4-3-5-11(8-10)16-15-17(22)26(14-7-6-12(20)9-13(14)21)25-18(15)24-19(23-16)27-2/h3-9H,22H2,1-2H3. The average Bonchev–Trinajstić information content (AvgIpc) is 2.97. The molecule has 0 aliphatic heterocycles. The first kappa shape index (κ1) is 18.1. The smallest absolute Gasteiger partial charge is 0.190 e. The number of benzene rings is 2. The molecule has 0 spiro atoms. The van der Waals surface area contributed by atoms with Crippen molar-refractivity contribution in [3.63, 3.8) is 0 Å². The third-order valence-corrected chi connectivity index (χ3v) is 5.25. The van der Waals surface area contributed by atoms with Crippen LogP contribution >= 0.6 is 35.0 Å². The van der Waals surface area contributed by atoms with Crippen LogP contribution in [0.15, 0.2) is 47.6 Å². The van der Waals surface area contributed by atoms with Gasteiger partial charge in [0.05, 0.1) is 21.8 Å². The molecule has 8 heteroatoms. The fourth-order valence-corrected chi connectivity index (χ4v) is 3.77. The van der Waals surface area contributed by atoms with Gasteiger partial charge in [-0.25, -0.2) is 14.6 Å². The molecule has 0 atom stereocenters. The fourth-order valence-electron chi connectivity index (χ4n) is 2.92. The molecule has 4 aromatic rings. The molecule has 0 radical (unpaired) electrons. The van der Waals surface area contributed by atoms with E-state index in [1.807, 2.05) is 31.4 Å². The van der Waals surface area contributed by atoms with Crippen LogP contribution in [0.2, 0.25) is 10.0 Å². The molecule has 0 saturated heterocycles. The highest BCUT2D eigenvalue weighted by Gasteiger charge is 2.20. The van der Waals surface area contributed by atoms with Gasteiger partial charge < -0.3 is 5.73 Å². The van der Waals surface area contributed by atoms with E-state index >= 15 is 0 Å². The summed E-state index contributed by atoms with van der Waals surface area (Å²) in [5.74, 6) is 0.429. The van der Waals surface area contributed by atoms with Crippen LogP contribution in [0.25, 0.3) is 28.0 Å². The van der Waals surface area contributed by atoms with Crippen LogP contribution < -0.4 is 5.73 Å². The Hall–Kier alpha value is -2.28. The van der Waals surface area contributed by atoms with Gasteiger partial charge in [-0.05, 0) is 37.4 Å². The van der Waals surface area contributed by atoms with Crippen molar-refractivity contribution in [2.75, 3.05) is 12.0 Å². The topological polar surface area (TPSA) is 69.6 Å². The van der Waals surface area contributed by atoms with Gasteiger partial charge >= 0.3 is 0 Å². The molecular formula is C19H15Cl2N5S. The lowest BCUT2D eigenvalue weighted by molar-refractivity contribution is 0.890. The van der Waals surface area contributed by atoms with Crippen LogP contribution in [0.5, 0.6) is 0 Å². The van der Waals surface area contributed by atoms with Crippen LogP contribution in [-0.4, -0.2) is 26.0 Å². The van der Waals surface area contributed by atoms with Gasteiger partial charge in [-0.3, -0.25) is 0 Å². The Bertz CT molecular complexity index is 1170. The van der Waals surface area contributed by atoms with Crippen molar-refractivity contribution < 1.29 is 0 Å². The summed E-state index contributed by atoms with van der Waals surface area (Å²) < 4.78 is 1.58. The fraction of sp³-hybridized carbons (Fsp3) is 0.105. The first-order chi connectivity index (χ1) is 13.0. The number of aromatic nitrogens is 4. The zero-order valence-electron chi connectivity index (χ0n) is 14.6. The van der Waals surface area contributed by atoms with Gasteiger partial charge in [0.15, 0.2) is 10.8 Å². The summed E-state index contributed by atoms with van der Waals surface area (Å²) in [7, 11) is 0. The highest BCUT2D eigenvalue weighted by atomic mass is 35.5. The van der Waals surface area contributed by atoms with Gasteiger partial charge in [-0.2, -0.15) is 0 Å². The number of halogens is 2.